The van der Waals surface area contributed by atoms with Gasteiger partial charge in [-0.15, -0.1) is 0 Å². The Kier molecular flexibility index (Phi) is 3.53. The number of halogens is 1. The molecule has 1 aromatic carbocycles. The highest BCUT2D eigenvalue weighted by Crippen LogP contribution is 2.21. The predicted octanol–water partition coefficient (Wildman–Crippen LogP) is 0.622. The fourth-order valence-electron chi connectivity index (χ4n) is 1.97. The standard InChI is InChI=1S/C15H14N2.BrH/c1-11-6-7-13(9-12(11)2)14-10-17-8-4-3-5-15(17)16-14;/h3-10H,1-2H3;1H/p-1. The van der Waals surface area contributed by atoms with Gasteiger partial charge in [0.05, 0.1) is 5.69 Å². The highest BCUT2D eigenvalue weighted by atomic mass is 79.9. The van der Waals surface area contributed by atoms with Crippen LogP contribution >= 0.6 is 0 Å². The van der Waals surface area contributed by atoms with Crippen molar-refractivity contribution in [2.24, 2.45) is 0 Å². The van der Waals surface area contributed by atoms with E-state index >= 15 is 0 Å². The van der Waals surface area contributed by atoms with Crippen LogP contribution in [0.1, 0.15) is 11.1 Å². The summed E-state index contributed by atoms with van der Waals surface area (Å²) in [6.45, 7) is 4.26. The molecular formula is C15H14BrN2-. The molecule has 0 aliphatic heterocycles. The molecule has 3 heteroatoms. The van der Waals surface area contributed by atoms with Crippen molar-refractivity contribution >= 4 is 5.65 Å². The maximum Gasteiger partial charge on any atom is 0.137 e. The monoisotopic (exact) mass is 301 g/mol. The highest BCUT2D eigenvalue weighted by molar-refractivity contribution is 5.63. The maximum atomic E-state index is 4.62. The van der Waals surface area contributed by atoms with E-state index < -0.39 is 0 Å². The van der Waals surface area contributed by atoms with Crippen LogP contribution in [0.3, 0.4) is 0 Å². The van der Waals surface area contributed by atoms with Crippen LogP contribution in [0.4, 0.5) is 0 Å². The summed E-state index contributed by atoms with van der Waals surface area (Å²) in [6, 6.07) is 12.5. The second kappa shape index (κ2) is 4.94. The van der Waals surface area contributed by atoms with Gasteiger partial charge in [-0.3, -0.25) is 0 Å². The quantitative estimate of drug-likeness (QED) is 0.644. The Morgan fingerprint density at radius 2 is 1.83 bits per heavy atom. The first-order chi connectivity index (χ1) is 8.24. The molecule has 0 amide bonds. The molecule has 0 bridgehead atoms. The SMILES string of the molecule is Cc1ccc(-c2cn3ccccc3n2)cc1C.[Br-]. The summed E-state index contributed by atoms with van der Waals surface area (Å²) in [5, 5.41) is 0. The summed E-state index contributed by atoms with van der Waals surface area (Å²) >= 11 is 0. The summed E-state index contributed by atoms with van der Waals surface area (Å²) in [5.74, 6) is 0. The zero-order chi connectivity index (χ0) is 11.8. The lowest BCUT2D eigenvalue weighted by molar-refractivity contribution is -0.00000359. The number of benzene rings is 1. The molecule has 0 N–H and O–H groups in total. The molecule has 0 aliphatic carbocycles. The minimum Gasteiger partial charge on any atom is -1.00 e. The number of rotatable bonds is 1. The van der Waals surface area contributed by atoms with Crippen LogP contribution in [0.2, 0.25) is 0 Å². The van der Waals surface area contributed by atoms with Crippen molar-refractivity contribution in [3.8, 4) is 11.3 Å². The van der Waals surface area contributed by atoms with Gasteiger partial charge in [0.1, 0.15) is 5.65 Å². The van der Waals surface area contributed by atoms with Crippen molar-refractivity contribution in [2.45, 2.75) is 13.8 Å². The molecule has 2 nitrogen and oxygen atoms in total. The van der Waals surface area contributed by atoms with E-state index in [-0.39, 0.29) is 17.0 Å². The van der Waals surface area contributed by atoms with Gasteiger partial charge >= 0.3 is 0 Å². The number of hydrogen-bond donors (Lipinski definition) is 0. The fraction of sp³-hybridized carbons (Fsp3) is 0.133. The first-order valence-electron chi connectivity index (χ1n) is 5.75. The first-order valence-corrected chi connectivity index (χ1v) is 5.75. The van der Waals surface area contributed by atoms with Crippen molar-refractivity contribution in [1.29, 1.82) is 0 Å². The lowest BCUT2D eigenvalue weighted by atomic mass is 10.1. The zero-order valence-electron chi connectivity index (χ0n) is 10.4. The van der Waals surface area contributed by atoms with Crippen LogP contribution in [-0.2, 0) is 0 Å². The number of aromatic nitrogens is 2. The predicted molar refractivity (Wildman–Crippen MR) is 70.1 cm³/mol. The van der Waals surface area contributed by atoms with Crippen LogP contribution in [0.25, 0.3) is 16.9 Å². The third-order valence-electron chi connectivity index (χ3n) is 3.17. The summed E-state index contributed by atoms with van der Waals surface area (Å²) in [7, 11) is 0. The van der Waals surface area contributed by atoms with Gasteiger partial charge in [0.25, 0.3) is 0 Å². The van der Waals surface area contributed by atoms with Gasteiger partial charge in [-0.2, -0.15) is 0 Å². The van der Waals surface area contributed by atoms with Gasteiger partial charge in [-0.25, -0.2) is 4.98 Å². The molecule has 92 valence electrons. The summed E-state index contributed by atoms with van der Waals surface area (Å²) in [5.41, 5.74) is 5.81. The lowest BCUT2D eigenvalue weighted by Crippen LogP contribution is -3.00. The first kappa shape index (κ1) is 12.8. The summed E-state index contributed by atoms with van der Waals surface area (Å²) < 4.78 is 2.05. The number of hydrogen-bond acceptors (Lipinski definition) is 1. The van der Waals surface area contributed by atoms with E-state index in [2.05, 4.69) is 43.2 Å². The maximum absolute atomic E-state index is 4.62. The summed E-state index contributed by atoms with van der Waals surface area (Å²) in [6.07, 6.45) is 4.09. The van der Waals surface area contributed by atoms with E-state index in [0.29, 0.717) is 0 Å². The molecule has 0 fully saturated rings. The van der Waals surface area contributed by atoms with Crippen molar-refractivity contribution in [3.63, 3.8) is 0 Å². The van der Waals surface area contributed by atoms with Crippen molar-refractivity contribution in [1.82, 2.24) is 9.38 Å². The second-order valence-corrected chi connectivity index (χ2v) is 4.39. The van der Waals surface area contributed by atoms with E-state index in [1.165, 1.54) is 16.7 Å². The average Bonchev–Trinajstić information content (AvgIpc) is 2.76. The minimum absolute atomic E-state index is 0. The minimum atomic E-state index is 0. The number of aryl methyl sites for hydroxylation is 2. The lowest BCUT2D eigenvalue weighted by Gasteiger charge is -2.01. The molecule has 0 aliphatic rings. The van der Waals surface area contributed by atoms with Crippen molar-refractivity contribution < 1.29 is 17.0 Å². The number of imidazole rings is 1. The molecule has 0 unspecified atom stereocenters. The molecule has 0 spiro atoms. The van der Waals surface area contributed by atoms with Crippen LogP contribution in [0.5, 0.6) is 0 Å². The third kappa shape index (κ3) is 2.18. The Balaban J connectivity index is 0.00000120. The molecule has 0 saturated heterocycles. The van der Waals surface area contributed by atoms with Gasteiger partial charge < -0.3 is 21.4 Å². The van der Waals surface area contributed by atoms with E-state index in [1.54, 1.807) is 0 Å². The fourth-order valence-corrected chi connectivity index (χ4v) is 1.97. The van der Waals surface area contributed by atoms with Crippen molar-refractivity contribution in [3.05, 3.63) is 59.9 Å². The van der Waals surface area contributed by atoms with Gasteiger partial charge in [0.15, 0.2) is 0 Å². The zero-order valence-corrected chi connectivity index (χ0v) is 12.0. The average molecular weight is 302 g/mol. The molecule has 2 aromatic heterocycles. The second-order valence-electron chi connectivity index (χ2n) is 4.39. The third-order valence-corrected chi connectivity index (χ3v) is 3.17. The van der Waals surface area contributed by atoms with Gasteiger partial charge in [-0.1, -0.05) is 18.2 Å². The highest BCUT2D eigenvalue weighted by Gasteiger charge is 2.04. The van der Waals surface area contributed by atoms with Crippen LogP contribution < -0.4 is 17.0 Å². The molecule has 18 heavy (non-hydrogen) atoms. The van der Waals surface area contributed by atoms with E-state index in [9.17, 15) is 0 Å². The Hall–Kier alpha value is -1.61. The van der Waals surface area contributed by atoms with Gasteiger partial charge in [-0.05, 0) is 43.2 Å². The van der Waals surface area contributed by atoms with Crippen molar-refractivity contribution in [2.75, 3.05) is 0 Å². The van der Waals surface area contributed by atoms with Crippen LogP contribution in [-0.4, -0.2) is 9.38 Å². The largest absolute Gasteiger partial charge is 1.00 e. The Bertz CT molecular complexity index is 653. The number of fused-ring (bicyclic) bond motifs is 1. The number of pyridine rings is 1. The summed E-state index contributed by atoms with van der Waals surface area (Å²) in [4.78, 5) is 4.62. The van der Waals surface area contributed by atoms with E-state index in [4.69, 9.17) is 0 Å². The Labute approximate surface area is 117 Å². The van der Waals surface area contributed by atoms with Crippen LogP contribution in [0, 0.1) is 13.8 Å². The molecular weight excluding hydrogens is 288 g/mol. The molecule has 0 saturated carbocycles. The van der Waals surface area contributed by atoms with E-state index in [1.807, 2.05) is 28.8 Å². The van der Waals surface area contributed by atoms with Gasteiger partial charge in [0.2, 0.25) is 0 Å². The topological polar surface area (TPSA) is 17.3 Å². The number of nitrogens with zero attached hydrogens (tertiary/aromatic N) is 2. The molecule has 3 aromatic rings. The van der Waals surface area contributed by atoms with Gasteiger partial charge in [0, 0.05) is 18.0 Å². The van der Waals surface area contributed by atoms with E-state index in [0.717, 1.165) is 11.3 Å². The normalized spacial score (nSPS) is 10.3. The molecule has 3 rings (SSSR count). The molecule has 2 heterocycles. The Morgan fingerprint density at radius 1 is 1.00 bits per heavy atom. The smallest absolute Gasteiger partial charge is 0.137 e. The molecule has 0 atom stereocenters. The van der Waals surface area contributed by atoms with Crippen LogP contribution in [0.15, 0.2) is 48.8 Å². The molecule has 0 radical (unpaired) electrons. The Morgan fingerprint density at radius 3 is 2.56 bits per heavy atom.